The quantitative estimate of drug-likeness (QED) is 0.549. The molecule has 0 spiro atoms. The number of rotatable bonds is 8. The van der Waals surface area contributed by atoms with Gasteiger partial charge in [-0.1, -0.05) is 13.8 Å². The minimum absolute atomic E-state index is 0.508. The number of guanidine groups is 1. The van der Waals surface area contributed by atoms with E-state index in [4.69, 9.17) is 4.99 Å². The Morgan fingerprint density at radius 1 is 1.36 bits per heavy atom. The van der Waals surface area contributed by atoms with E-state index in [2.05, 4.69) is 48.2 Å². The predicted octanol–water partition coefficient (Wildman–Crippen LogP) is 2.92. The fraction of sp³-hybridized carbons (Fsp3) is 0.789. The Labute approximate surface area is 157 Å². The van der Waals surface area contributed by atoms with E-state index < -0.39 is 0 Å². The van der Waals surface area contributed by atoms with Crippen LogP contribution in [0.3, 0.4) is 0 Å². The number of aromatic nitrogens is 1. The first-order valence-electron chi connectivity index (χ1n) is 9.82. The van der Waals surface area contributed by atoms with E-state index >= 15 is 0 Å². The minimum atomic E-state index is 0.508. The van der Waals surface area contributed by atoms with E-state index in [0.717, 1.165) is 44.4 Å². The molecule has 1 atom stereocenters. The SMILES string of the molecule is CCNC(=NCC(C)N1CCC(C)CC1)NCCc1ncc(CC)s1. The van der Waals surface area contributed by atoms with Crippen molar-refractivity contribution >= 4 is 17.3 Å². The molecule has 5 nitrogen and oxygen atoms in total. The molecule has 0 amide bonds. The van der Waals surface area contributed by atoms with Crippen LogP contribution in [0, 0.1) is 5.92 Å². The summed E-state index contributed by atoms with van der Waals surface area (Å²) in [5, 5.41) is 8.01. The topological polar surface area (TPSA) is 52.6 Å². The zero-order valence-corrected chi connectivity index (χ0v) is 17.2. The number of hydrogen-bond acceptors (Lipinski definition) is 4. The Hall–Kier alpha value is -1.14. The standard InChI is InChI=1S/C19H35N5S/c1-5-17-14-22-18(25-17)7-10-21-19(20-6-2)23-13-16(4)24-11-8-15(3)9-12-24/h14-16H,5-13H2,1-4H3,(H2,20,21,23). The van der Waals surface area contributed by atoms with Gasteiger partial charge < -0.3 is 10.6 Å². The summed E-state index contributed by atoms with van der Waals surface area (Å²) in [6, 6.07) is 0.508. The Bertz CT molecular complexity index is 520. The predicted molar refractivity (Wildman–Crippen MR) is 109 cm³/mol. The van der Waals surface area contributed by atoms with Crippen molar-refractivity contribution < 1.29 is 0 Å². The molecule has 0 aromatic carbocycles. The van der Waals surface area contributed by atoms with E-state index in [-0.39, 0.29) is 0 Å². The second kappa shape index (κ2) is 10.8. The highest BCUT2D eigenvalue weighted by Gasteiger charge is 2.19. The molecule has 0 aliphatic carbocycles. The lowest BCUT2D eigenvalue weighted by Crippen LogP contribution is -2.43. The number of nitrogens with zero attached hydrogens (tertiary/aromatic N) is 3. The van der Waals surface area contributed by atoms with Crippen molar-refractivity contribution in [3.8, 4) is 0 Å². The number of thiazole rings is 1. The largest absolute Gasteiger partial charge is 0.357 e. The molecular weight excluding hydrogens is 330 g/mol. The van der Waals surface area contributed by atoms with Gasteiger partial charge in [0.2, 0.25) is 0 Å². The van der Waals surface area contributed by atoms with Crippen molar-refractivity contribution in [2.45, 2.75) is 59.4 Å². The van der Waals surface area contributed by atoms with E-state index in [9.17, 15) is 0 Å². The van der Waals surface area contributed by atoms with Crippen LogP contribution in [0.15, 0.2) is 11.2 Å². The summed E-state index contributed by atoms with van der Waals surface area (Å²) in [5.74, 6) is 1.80. The summed E-state index contributed by atoms with van der Waals surface area (Å²) < 4.78 is 0. The van der Waals surface area contributed by atoms with Crippen molar-refractivity contribution in [3.63, 3.8) is 0 Å². The molecule has 1 saturated heterocycles. The molecule has 1 aliphatic heterocycles. The summed E-state index contributed by atoms with van der Waals surface area (Å²) >= 11 is 1.82. The van der Waals surface area contributed by atoms with Crippen molar-refractivity contribution in [1.82, 2.24) is 20.5 Å². The number of piperidine rings is 1. The van der Waals surface area contributed by atoms with Gasteiger partial charge >= 0.3 is 0 Å². The first kappa shape index (κ1) is 20.2. The molecule has 0 bridgehead atoms. The summed E-state index contributed by atoms with van der Waals surface area (Å²) in [4.78, 5) is 13.2. The molecule has 0 saturated carbocycles. The Morgan fingerprint density at radius 2 is 2.12 bits per heavy atom. The van der Waals surface area contributed by atoms with Gasteiger partial charge in [-0.05, 0) is 52.1 Å². The lowest BCUT2D eigenvalue weighted by Gasteiger charge is -2.34. The van der Waals surface area contributed by atoms with Crippen LogP contribution < -0.4 is 10.6 Å². The van der Waals surface area contributed by atoms with Crippen molar-refractivity contribution in [1.29, 1.82) is 0 Å². The van der Waals surface area contributed by atoms with E-state index in [1.807, 2.05) is 17.5 Å². The van der Waals surface area contributed by atoms with Crippen LogP contribution in [0.4, 0.5) is 0 Å². The fourth-order valence-electron chi connectivity index (χ4n) is 3.06. The van der Waals surface area contributed by atoms with Crippen LogP contribution in [0.1, 0.15) is 50.4 Å². The van der Waals surface area contributed by atoms with Gasteiger partial charge in [0, 0.05) is 36.6 Å². The Morgan fingerprint density at radius 3 is 2.76 bits per heavy atom. The number of hydrogen-bond donors (Lipinski definition) is 2. The molecule has 2 N–H and O–H groups in total. The third kappa shape index (κ3) is 6.94. The van der Waals surface area contributed by atoms with Crippen LogP contribution in [0.5, 0.6) is 0 Å². The summed E-state index contributed by atoms with van der Waals surface area (Å²) in [7, 11) is 0. The highest BCUT2D eigenvalue weighted by Crippen LogP contribution is 2.18. The maximum Gasteiger partial charge on any atom is 0.191 e. The first-order valence-corrected chi connectivity index (χ1v) is 10.6. The normalized spacial score (nSPS) is 18.3. The third-order valence-electron chi connectivity index (χ3n) is 4.88. The molecule has 6 heteroatoms. The average molecular weight is 366 g/mol. The maximum atomic E-state index is 4.80. The number of likely N-dealkylation sites (tertiary alicyclic amines) is 1. The van der Waals surface area contributed by atoms with Crippen LogP contribution in [-0.2, 0) is 12.8 Å². The summed E-state index contributed by atoms with van der Waals surface area (Å²) in [6.07, 6.45) is 6.66. The molecule has 2 heterocycles. The maximum absolute atomic E-state index is 4.80. The summed E-state index contributed by atoms with van der Waals surface area (Å²) in [5.41, 5.74) is 0. The average Bonchev–Trinajstić information content (AvgIpc) is 3.08. The second-order valence-electron chi connectivity index (χ2n) is 7.04. The first-order chi connectivity index (χ1) is 12.1. The van der Waals surface area contributed by atoms with Gasteiger partial charge in [-0.25, -0.2) is 4.98 Å². The molecule has 1 unspecified atom stereocenters. The molecule has 2 rings (SSSR count). The molecule has 1 aliphatic rings. The molecular formula is C19H35N5S. The third-order valence-corrected chi connectivity index (χ3v) is 6.08. The van der Waals surface area contributed by atoms with Gasteiger partial charge in [0.25, 0.3) is 0 Å². The minimum Gasteiger partial charge on any atom is -0.357 e. The number of aliphatic imine (C=N–C) groups is 1. The van der Waals surface area contributed by atoms with Crippen molar-refractivity contribution in [2.24, 2.45) is 10.9 Å². The molecule has 1 aromatic rings. The number of nitrogens with one attached hydrogen (secondary N) is 2. The smallest absolute Gasteiger partial charge is 0.191 e. The van der Waals surface area contributed by atoms with Crippen molar-refractivity contribution in [3.05, 3.63) is 16.1 Å². The van der Waals surface area contributed by atoms with Gasteiger partial charge in [0.1, 0.15) is 0 Å². The van der Waals surface area contributed by atoms with Gasteiger partial charge in [0.05, 0.1) is 11.6 Å². The van der Waals surface area contributed by atoms with Crippen LogP contribution in [-0.4, -0.2) is 54.6 Å². The lowest BCUT2D eigenvalue weighted by atomic mass is 9.98. The van der Waals surface area contributed by atoms with Gasteiger partial charge in [-0.2, -0.15) is 0 Å². The second-order valence-corrected chi connectivity index (χ2v) is 8.24. The van der Waals surface area contributed by atoms with Gasteiger partial charge in [0.15, 0.2) is 5.96 Å². The lowest BCUT2D eigenvalue weighted by molar-refractivity contribution is 0.150. The van der Waals surface area contributed by atoms with E-state index in [1.165, 1.54) is 35.8 Å². The van der Waals surface area contributed by atoms with Gasteiger partial charge in [-0.15, -0.1) is 11.3 Å². The fourth-order valence-corrected chi connectivity index (χ4v) is 3.93. The molecule has 0 radical (unpaired) electrons. The van der Waals surface area contributed by atoms with Crippen LogP contribution in [0.25, 0.3) is 0 Å². The van der Waals surface area contributed by atoms with Gasteiger partial charge in [-0.3, -0.25) is 9.89 Å². The Kier molecular flexibility index (Phi) is 8.68. The zero-order valence-electron chi connectivity index (χ0n) is 16.3. The van der Waals surface area contributed by atoms with Crippen LogP contribution >= 0.6 is 11.3 Å². The summed E-state index contributed by atoms with van der Waals surface area (Å²) in [6.45, 7) is 14.0. The zero-order chi connectivity index (χ0) is 18.1. The molecule has 1 fully saturated rings. The molecule has 25 heavy (non-hydrogen) atoms. The highest BCUT2D eigenvalue weighted by atomic mass is 32.1. The molecule has 1 aromatic heterocycles. The monoisotopic (exact) mass is 365 g/mol. The Balaban J connectivity index is 1.76. The van der Waals surface area contributed by atoms with Crippen molar-refractivity contribution in [2.75, 3.05) is 32.7 Å². The highest BCUT2D eigenvalue weighted by molar-refractivity contribution is 7.11. The van der Waals surface area contributed by atoms with Crippen LogP contribution in [0.2, 0.25) is 0 Å². The van der Waals surface area contributed by atoms with E-state index in [1.54, 1.807) is 0 Å². The molecule has 142 valence electrons. The van der Waals surface area contributed by atoms with E-state index in [0.29, 0.717) is 6.04 Å². The number of aryl methyl sites for hydroxylation is 1.